The molecule has 0 unspecified atom stereocenters. The molecule has 0 amide bonds. The Morgan fingerprint density at radius 3 is 2.02 bits per heavy atom. The first-order valence-electron chi connectivity index (χ1n) is 13.6. The number of thiophene rings is 2. The molecule has 2 nitrogen and oxygen atoms in total. The van der Waals surface area contributed by atoms with Crippen LogP contribution >= 0.6 is 22.7 Å². The van der Waals surface area contributed by atoms with Crippen LogP contribution in [0.1, 0.15) is 11.1 Å². The SMILES string of the molecule is N#Cc1ccc2sc3cccc(-c4ccc(-c5ccc6sc7ccccc7c6c5)c(-c5ccccc5C#N)c4)c3c2c1. The molecule has 8 aromatic rings. The molecule has 0 N–H and O–H groups in total. The summed E-state index contributed by atoms with van der Waals surface area (Å²) in [7, 11) is 0. The molecule has 0 spiro atoms. The first-order chi connectivity index (χ1) is 20.7. The third kappa shape index (κ3) is 3.82. The van der Waals surface area contributed by atoms with E-state index in [1.54, 1.807) is 11.3 Å². The van der Waals surface area contributed by atoms with Gasteiger partial charge in [-0.15, -0.1) is 22.7 Å². The molecule has 4 heteroatoms. The zero-order valence-electron chi connectivity index (χ0n) is 22.3. The van der Waals surface area contributed by atoms with Crippen molar-refractivity contribution in [1.82, 2.24) is 0 Å². The highest BCUT2D eigenvalue weighted by atomic mass is 32.1. The lowest BCUT2D eigenvalue weighted by molar-refractivity contribution is 1.48. The lowest BCUT2D eigenvalue weighted by Gasteiger charge is -2.15. The molecule has 0 aliphatic heterocycles. The standard InChI is InChI=1S/C38H20N2S2/c39-21-23-12-16-36-33(18-23)38-29(9-5-11-37(38)42-36)25-13-15-28(31(19-25)27-7-2-1-6-26(27)22-40)24-14-17-35-32(20-24)30-8-3-4-10-34(30)41-35/h1-20H. The number of nitrogens with zero attached hydrogens (tertiary/aromatic N) is 2. The summed E-state index contributed by atoms with van der Waals surface area (Å²) in [5.74, 6) is 0. The minimum absolute atomic E-state index is 0.649. The topological polar surface area (TPSA) is 47.6 Å². The molecule has 0 saturated heterocycles. The molecule has 0 saturated carbocycles. The van der Waals surface area contributed by atoms with Crippen LogP contribution in [0.25, 0.3) is 73.7 Å². The maximum absolute atomic E-state index is 10.1. The van der Waals surface area contributed by atoms with Gasteiger partial charge in [-0.3, -0.25) is 0 Å². The molecule has 0 atom stereocenters. The van der Waals surface area contributed by atoms with Gasteiger partial charge < -0.3 is 0 Å². The summed E-state index contributed by atoms with van der Waals surface area (Å²) >= 11 is 3.56. The lowest BCUT2D eigenvalue weighted by Crippen LogP contribution is -1.91. The molecule has 6 aromatic carbocycles. The van der Waals surface area contributed by atoms with E-state index in [9.17, 15) is 10.5 Å². The van der Waals surface area contributed by atoms with Crippen LogP contribution in [0, 0.1) is 22.7 Å². The Morgan fingerprint density at radius 1 is 0.429 bits per heavy atom. The second kappa shape index (κ2) is 9.68. The Bertz CT molecular complexity index is 2450. The number of fused-ring (bicyclic) bond motifs is 6. The molecule has 2 heterocycles. The van der Waals surface area contributed by atoms with Crippen LogP contribution in [0.4, 0.5) is 0 Å². The van der Waals surface area contributed by atoms with Crippen molar-refractivity contribution in [3.63, 3.8) is 0 Å². The predicted molar refractivity (Wildman–Crippen MR) is 178 cm³/mol. The minimum Gasteiger partial charge on any atom is -0.192 e. The summed E-state index contributed by atoms with van der Waals surface area (Å²) in [5, 5.41) is 24.4. The average molecular weight is 569 g/mol. The van der Waals surface area contributed by atoms with E-state index >= 15 is 0 Å². The summed E-state index contributed by atoms with van der Waals surface area (Å²) in [6, 6.07) is 46.8. The summed E-state index contributed by atoms with van der Waals surface area (Å²) in [4.78, 5) is 0. The summed E-state index contributed by atoms with van der Waals surface area (Å²) < 4.78 is 4.91. The Kier molecular flexibility index (Phi) is 5.66. The van der Waals surface area contributed by atoms with Gasteiger partial charge in [-0.05, 0) is 82.4 Å². The monoisotopic (exact) mass is 568 g/mol. The van der Waals surface area contributed by atoms with Crippen molar-refractivity contribution in [2.75, 3.05) is 0 Å². The first kappa shape index (κ1) is 24.5. The van der Waals surface area contributed by atoms with Gasteiger partial charge in [0.25, 0.3) is 0 Å². The van der Waals surface area contributed by atoms with E-state index < -0.39 is 0 Å². The van der Waals surface area contributed by atoms with Gasteiger partial charge in [0.2, 0.25) is 0 Å². The summed E-state index contributed by atoms with van der Waals surface area (Å²) in [6.07, 6.45) is 0. The fraction of sp³-hybridized carbons (Fsp3) is 0. The highest BCUT2D eigenvalue weighted by molar-refractivity contribution is 7.26. The van der Waals surface area contributed by atoms with Crippen molar-refractivity contribution in [2.45, 2.75) is 0 Å². The lowest BCUT2D eigenvalue weighted by atomic mass is 9.88. The van der Waals surface area contributed by atoms with Crippen molar-refractivity contribution in [2.24, 2.45) is 0 Å². The molecule has 0 bridgehead atoms. The summed E-state index contributed by atoms with van der Waals surface area (Å²) in [6.45, 7) is 0. The second-order valence-corrected chi connectivity index (χ2v) is 12.5. The minimum atomic E-state index is 0.649. The fourth-order valence-electron chi connectivity index (χ4n) is 6.03. The largest absolute Gasteiger partial charge is 0.192 e. The average Bonchev–Trinajstić information content (AvgIpc) is 3.62. The Labute approximate surface area is 250 Å². The van der Waals surface area contributed by atoms with E-state index in [2.05, 4.69) is 91.0 Å². The normalized spacial score (nSPS) is 11.3. The number of benzene rings is 6. The predicted octanol–water partition coefficient (Wildman–Crippen LogP) is 11.2. The molecule has 42 heavy (non-hydrogen) atoms. The van der Waals surface area contributed by atoms with Crippen LogP contribution in [0.15, 0.2) is 121 Å². The number of hydrogen-bond donors (Lipinski definition) is 0. The van der Waals surface area contributed by atoms with E-state index in [1.807, 2.05) is 53.8 Å². The highest BCUT2D eigenvalue weighted by Crippen LogP contribution is 2.44. The molecule has 194 valence electrons. The third-order valence-electron chi connectivity index (χ3n) is 7.98. The Morgan fingerprint density at radius 2 is 1.12 bits per heavy atom. The zero-order valence-corrected chi connectivity index (χ0v) is 23.9. The quantitative estimate of drug-likeness (QED) is 0.213. The van der Waals surface area contributed by atoms with Crippen LogP contribution in [0.3, 0.4) is 0 Å². The number of nitriles is 2. The van der Waals surface area contributed by atoms with Crippen molar-refractivity contribution in [3.8, 4) is 45.5 Å². The zero-order chi connectivity index (χ0) is 28.2. The highest BCUT2D eigenvalue weighted by Gasteiger charge is 2.17. The van der Waals surface area contributed by atoms with Crippen LogP contribution in [0.5, 0.6) is 0 Å². The Hall–Kier alpha value is -5.26. The van der Waals surface area contributed by atoms with Crippen LogP contribution in [-0.4, -0.2) is 0 Å². The summed E-state index contributed by atoms with van der Waals surface area (Å²) in [5.41, 5.74) is 7.67. The first-order valence-corrected chi connectivity index (χ1v) is 15.3. The van der Waals surface area contributed by atoms with Crippen LogP contribution < -0.4 is 0 Å². The van der Waals surface area contributed by atoms with E-state index in [0.717, 1.165) is 44.2 Å². The van der Waals surface area contributed by atoms with Crippen molar-refractivity contribution in [3.05, 3.63) is 132 Å². The smallest absolute Gasteiger partial charge is 0.0998 e. The van der Waals surface area contributed by atoms with E-state index in [0.29, 0.717) is 11.1 Å². The van der Waals surface area contributed by atoms with Gasteiger partial charge in [-0.25, -0.2) is 0 Å². The molecule has 0 aliphatic carbocycles. The van der Waals surface area contributed by atoms with Gasteiger partial charge in [-0.2, -0.15) is 10.5 Å². The van der Waals surface area contributed by atoms with E-state index in [1.165, 1.54) is 29.6 Å². The van der Waals surface area contributed by atoms with Crippen LogP contribution in [-0.2, 0) is 0 Å². The maximum atomic E-state index is 10.1. The number of hydrogen-bond acceptors (Lipinski definition) is 4. The van der Waals surface area contributed by atoms with E-state index in [4.69, 9.17) is 0 Å². The van der Waals surface area contributed by atoms with Crippen LogP contribution in [0.2, 0.25) is 0 Å². The third-order valence-corrected chi connectivity index (χ3v) is 10.3. The Balaban J connectivity index is 1.40. The molecular formula is C38H20N2S2. The fourth-order valence-corrected chi connectivity index (χ4v) is 8.23. The van der Waals surface area contributed by atoms with Gasteiger partial charge in [0.15, 0.2) is 0 Å². The van der Waals surface area contributed by atoms with E-state index in [-0.39, 0.29) is 0 Å². The van der Waals surface area contributed by atoms with Gasteiger partial charge >= 0.3 is 0 Å². The molecule has 0 radical (unpaired) electrons. The second-order valence-electron chi connectivity index (χ2n) is 10.3. The van der Waals surface area contributed by atoms with Crippen molar-refractivity contribution in [1.29, 1.82) is 10.5 Å². The maximum Gasteiger partial charge on any atom is 0.0998 e. The van der Waals surface area contributed by atoms with Crippen molar-refractivity contribution >= 4 is 63.0 Å². The van der Waals surface area contributed by atoms with Gasteiger partial charge in [0.1, 0.15) is 0 Å². The number of rotatable bonds is 3. The van der Waals surface area contributed by atoms with Gasteiger partial charge in [-0.1, -0.05) is 66.7 Å². The molecule has 8 rings (SSSR count). The molecule has 0 fully saturated rings. The molecule has 2 aromatic heterocycles. The molecular weight excluding hydrogens is 549 g/mol. The van der Waals surface area contributed by atoms with Crippen molar-refractivity contribution < 1.29 is 0 Å². The van der Waals surface area contributed by atoms with Gasteiger partial charge in [0.05, 0.1) is 23.3 Å². The van der Waals surface area contributed by atoms with Gasteiger partial charge in [0, 0.05) is 45.9 Å². The molecule has 0 aliphatic rings.